The topological polar surface area (TPSA) is 38.0 Å². The molecule has 0 amide bonds. The highest BCUT2D eigenvalue weighted by Gasteiger charge is 2.10. The summed E-state index contributed by atoms with van der Waals surface area (Å²) in [6.07, 6.45) is 0. The Morgan fingerprint density at radius 2 is 2.06 bits per heavy atom. The van der Waals surface area contributed by atoms with Crippen LogP contribution in [0.25, 0.3) is 0 Å². The van der Waals surface area contributed by atoms with Crippen LogP contribution in [0.15, 0.2) is 34.8 Å². The number of anilines is 3. The van der Waals surface area contributed by atoms with Crippen LogP contribution in [0.3, 0.4) is 0 Å². The fourth-order valence-corrected chi connectivity index (χ4v) is 2.22. The van der Waals surface area contributed by atoms with Crippen LogP contribution in [0.2, 0.25) is 5.02 Å². The molecule has 0 aromatic heterocycles. The maximum atomic E-state index is 13.7. The van der Waals surface area contributed by atoms with Crippen LogP contribution >= 0.6 is 27.5 Å². The highest BCUT2D eigenvalue weighted by atomic mass is 79.9. The summed E-state index contributed by atoms with van der Waals surface area (Å²) in [4.78, 5) is 0. The van der Waals surface area contributed by atoms with Crippen LogP contribution in [0, 0.1) is 12.7 Å². The number of nitrogen functional groups attached to an aromatic ring is 1. The van der Waals surface area contributed by atoms with Gasteiger partial charge in [0.2, 0.25) is 0 Å². The zero-order chi connectivity index (χ0) is 13.3. The van der Waals surface area contributed by atoms with Crippen LogP contribution in [-0.4, -0.2) is 0 Å². The number of para-hydroxylation sites is 1. The first-order valence-corrected chi connectivity index (χ1v) is 6.43. The average Bonchev–Trinajstić information content (AvgIpc) is 2.30. The van der Waals surface area contributed by atoms with Crippen LogP contribution in [0.4, 0.5) is 21.5 Å². The van der Waals surface area contributed by atoms with Crippen molar-refractivity contribution in [1.29, 1.82) is 0 Å². The molecule has 2 rings (SSSR count). The highest BCUT2D eigenvalue weighted by molar-refractivity contribution is 9.10. The number of hydrogen-bond acceptors (Lipinski definition) is 2. The molecule has 94 valence electrons. The van der Waals surface area contributed by atoms with Crippen molar-refractivity contribution in [2.45, 2.75) is 6.92 Å². The lowest BCUT2D eigenvalue weighted by Crippen LogP contribution is -1.98. The maximum absolute atomic E-state index is 13.7. The van der Waals surface area contributed by atoms with Gasteiger partial charge in [-0.15, -0.1) is 0 Å². The molecule has 18 heavy (non-hydrogen) atoms. The molecule has 0 fully saturated rings. The monoisotopic (exact) mass is 328 g/mol. The lowest BCUT2D eigenvalue weighted by molar-refractivity contribution is 0.632. The van der Waals surface area contributed by atoms with Gasteiger partial charge in [-0.1, -0.05) is 17.7 Å². The number of halogens is 3. The SMILES string of the molecule is Cc1cc(Nc2c(F)cccc2Cl)c(Br)cc1N. The standard InChI is InChI=1S/C13H11BrClFN2/c1-7-5-12(8(14)6-11(7)17)18-13-9(15)3-2-4-10(13)16/h2-6,18H,17H2,1H3. The molecule has 5 heteroatoms. The summed E-state index contributed by atoms with van der Waals surface area (Å²) in [5, 5.41) is 3.30. The summed E-state index contributed by atoms with van der Waals surface area (Å²) in [7, 11) is 0. The second kappa shape index (κ2) is 5.16. The second-order valence-electron chi connectivity index (χ2n) is 3.91. The van der Waals surface area contributed by atoms with E-state index in [4.69, 9.17) is 17.3 Å². The normalized spacial score (nSPS) is 10.4. The largest absolute Gasteiger partial charge is 0.398 e. The molecule has 0 aliphatic carbocycles. The third-order valence-corrected chi connectivity index (χ3v) is 3.55. The zero-order valence-electron chi connectivity index (χ0n) is 9.60. The first kappa shape index (κ1) is 13.2. The number of hydrogen-bond donors (Lipinski definition) is 2. The van der Waals surface area contributed by atoms with E-state index in [1.807, 2.05) is 13.0 Å². The van der Waals surface area contributed by atoms with Crippen molar-refractivity contribution in [1.82, 2.24) is 0 Å². The van der Waals surface area contributed by atoms with E-state index in [0.29, 0.717) is 16.4 Å². The van der Waals surface area contributed by atoms with E-state index in [0.717, 1.165) is 10.0 Å². The predicted octanol–water partition coefficient (Wildman–Crippen LogP) is 4.88. The van der Waals surface area contributed by atoms with E-state index in [-0.39, 0.29) is 5.69 Å². The van der Waals surface area contributed by atoms with Crippen molar-refractivity contribution in [2.75, 3.05) is 11.1 Å². The first-order valence-electron chi connectivity index (χ1n) is 5.25. The molecule has 3 N–H and O–H groups in total. The van der Waals surface area contributed by atoms with Crippen LogP contribution in [-0.2, 0) is 0 Å². The van der Waals surface area contributed by atoms with E-state index in [2.05, 4.69) is 21.2 Å². The van der Waals surface area contributed by atoms with Crippen molar-refractivity contribution >= 4 is 44.6 Å². The van der Waals surface area contributed by atoms with Gasteiger partial charge in [0.15, 0.2) is 0 Å². The van der Waals surface area contributed by atoms with Gasteiger partial charge in [0.1, 0.15) is 5.82 Å². The number of nitrogens with one attached hydrogen (secondary N) is 1. The molecule has 0 saturated carbocycles. The van der Waals surface area contributed by atoms with E-state index in [9.17, 15) is 4.39 Å². The molecule has 0 aliphatic rings. The molecular formula is C13H11BrClFN2. The van der Waals surface area contributed by atoms with E-state index in [1.165, 1.54) is 6.07 Å². The Hall–Kier alpha value is -1.26. The molecule has 0 bridgehead atoms. The van der Waals surface area contributed by atoms with E-state index in [1.54, 1.807) is 18.2 Å². The second-order valence-corrected chi connectivity index (χ2v) is 5.17. The molecule has 2 aromatic rings. The van der Waals surface area contributed by atoms with Crippen LogP contribution in [0.1, 0.15) is 5.56 Å². The lowest BCUT2D eigenvalue weighted by atomic mass is 10.2. The molecule has 2 nitrogen and oxygen atoms in total. The van der Waals surface area contributed by atoms with Crippen molar-refractivity contribution in [3.63, 3.8) is 0 Å². The van der Waals surface area contributed by atoms with Gasteiger partial charge in [0.05, 0.1) is 16.4 Å². The minimum absolute atomic E-state index is 0.254. The molecule has 2 aromatic carbocycles. The highest BCUT2D eigenvalue weighted by Crippen LogP contribution is 2.33. The molecule has 0 aliphatic heterocycles. The Morgan fingerprint density at radius 3 is 2.72 bits per heavy atom. The molecule has 0 unspecified atom stereocenters. The van der Waals surface area contributed by atoms with Gasteiger partial charge in [0.25, 0.3) is 0 Å². The smallest absolute Gasteiger partial charge is 0.148 e. The minimum Gasteiger partial charge on any atom is -0.398 e. The van der Waals surface area contributed by atoms with Gasteiger partial charge in [-0.25, -0.2) is 4.39 Å². The molecule has 0 saturated heterocycles. The van der Waals surface area contributed by atoms with Gasteiger partial charge >= 0.3 is 0 Å². The molecule has 0 radical (unpaired) electrons. The summed E-state index contributed by atoms with van der Waals surface area (Å²) in [6, 6.07) is 8.15. The van der Waals surface area contributed by atoms with Crippen molar-refractivity contribution in [3.05, 3.63) is 51.2 Å². The maximum Gasteiger partial charge on any atom is 0.148 e. The third kappa shape index (κ3) is 2.60. The average molecular weight is 330 g/mol. The third-order valence-electron chi connectivity index (χ3n) is 2.58. The van der Waals surface area contributed by atoms with Crippen LogP contribution < -0.4 is 11.1 Å². The van der Waals surface area contributed by atoms with Gasteiger partial charge in [0, 0.05) is 10.2 Å². The van der Waals surface area contributed by atoms with Gasteiger partial charge < -0.3 is 11.1 Å². The molecule has 0 spiro atoms. The number of rotatable bonds is 2. The number of nitrogens with two attached hydrogens (primary N) is 1. The minimum atomic E-state index is -0.399. The fraction of sp³-hybridized carbons (Fsp3) is 0.0769. The quantitative estimate of drug-likeness (QED) is 0.771. The number of aryl methyl sites for hydroxylation is 1. The number of benzene rings is 2. The van der Waals surface area contributed by atoms with Gasteiger partial charge in [-0.05, 0) is 52.7 Å². The predicted molar refractivity (Wildman–Crippen MR) is 78.0 cm³/mol. The first-order chi connectivity index (χ1) is 8.49. The summed E-state index contributed by atoms with van der Waals surface area (Å²) in [5.41, 5.74) is 8.34. The fourth-order valence-electron chi connectivity index (χ4n) is 1.54. The molecule has 0 heterocycles. The Labute approximate surface area is 118 Å². The Bertz CT molecular complexity index is 582. The Kier molecular flexibility index (Phi) is 3.78. The van der Waals surface area contributed by atoms with Gasteiger partial charge in [-0.3, -0.25) is 0 Å². The van der Waals surface area contributed by atoms with Crippen molar-refractivity contribution < 1.29 is 4.39 Å². The van der Waals surface area contributed by atoms with Crippen LogP contribution in [0.5, 0.6) is 0 Å². The van der Waals surface area contributed by atoms with E-state index >= 15 is 0 Å². The summed E-state index contributed by atoms with van der Waals surface area (Å²) in [6.45, 7) is 1.88. The molecule has 0 atom stereocenters. The molecular weight excluding hydrogens is 319 g/mol. The van der Waals surface area contributed by atoms with Crippen molar-refractivity contribution in [3.8, 4) is 0 Å². The Balaban J connectivity index is 2.43. The zero-order valence-corrected chi connectivity index (χ0v) is 11.9. The van der Waals surface area contributed by atoms with Crippen molar-refractivity contribution in [2.24, 2.45) is 0 Å². The van der Waals surface area contributed by atoms with E-state index < -0.39 is 5.82 Å². The summed E-state index contributed by atoms with van der Waals surface area (Å²) >= 11 is 9.34. The summed E-state index contributed by atoms with van der Waals surface area (Å²) < 4.78 is 14.4. The Morgan fingerprint density at radius 1 is 1.33 bits per heavy atom. The van der Waals surface area contributed by atoms with Gasteiger partial charge in [-0.2, -0.15) is 0 Å². The summed E-state index contributed by atoms with van der Waals surface area (Å²) in [5.74, 6) is -0.399. The lowest BCUT2D eigenvalue weighted by Gasteiger charge is -2.13.